The second kappa shape index (κ2) is 4.79. The number of nitrogens with two attached hydrogens (primary N) is 2. The number of allylic oxidation sites excluding steroid dienone is 1. The van der Waals surface area contributed by atoms with Crippen molar-refractivity contribution in [1.82, 2.24) is 0 Å². The Kier molecular flexibility index (Phi) is 4.38. The maximum Gasteiger partial charge on any atom is 0.224 e. The molecule has 0 aromatic carbocycles. The smallest absolute Gasteiger partial charge is 0.224 e. The van der Waals surface area contributed by atoms with Gasteiger partial charge in [0.2, 0.25) is 5.91 Å². The van der Waals surface area contributed by atoms with Gasteiger partial charge in [-0.3, -0.25) is 4.79 Å². The Morgan fingerprint density at radius 3 is 2.45 bits per heavy atom. The van der Waals surface area contributed by atoms with Crippen molar-refractivity contribution in [2.24, 2.45) is 17.4 Å². The largest absolute Gasteiger partial charge is 0.390 e. The van der Waals surface area contributed by atoms with Gasteiger partial charge in [0.05, 0.1) is 11.1 Å². The number of hydrogen-bond acceptors (Lipinski definition) is 2. The molecule has 0 bridgehead atoms. The summed E-state index contributed by atoms with van der Waals surface area (Å²) >= 11 is 5.34. The van der Waals surface area contributed by atoms with Crippen LogP contribution >= 0.6 is 11.6 Å². The van der Waals surface area contributed by atoms with Crippen molar-refractivity contribution in [3.63, 3.8) is 0 Å². The molecule has 0 aromatic heterocycles. The van der Waals surface area contributed by atoms with Gasteiger partial charge in [-0.15, -0.1) is 6.58 Å². The van der Waals surface area contributed by atoms with Crippen molar-refractivity contribution in [3.05, 3.63) is 23.9 Å². The number of carbonyl (C=O) groups excluding carboxylic acids is 1. The van der Waals surface area contributed by atoms with Crippen molar-refractivity contribution < 1.29 is 4.79 Å². The lowest BCUT2D eigenvalue weighted by Gasteiger charge is -2.02. The number of hydrogen-bond donors (Lipinski definition) is 2. The fourth-order valence-electron chi connectivity index (χ4n) is 0.568. The minimum Gasteiger partial charge on any atom is -0.390 e. The molecule has 0 saturated heterocycles. The van der Waals surface area contributed by atoms with Crippen LogP contribution in [0.1, 0.15) is 6.42 Å². The Balaban J connectivity index is 3.99. The molecule has 0 aromatic rings. The molecule has 0 spiro atoms. The maximum absolute atomic E-state index is 10.6. The summed E-state index contributed by atoms with van der Waals surface area (Å²) in [5.74, 6) is -0.804. The molecule has 11 heavy (non-hydrogen) atoms. The zero-order chi connectivity index (χ0) is 8.85. The summed E-state index contributed by atoms with van der Waals surface area (Å²) in [6.07, 6.45) is 3.41. The summed E-state index contributed by atoms with van der Waals surface area (Å²) in [6.45, 7) is 3.45. The number of halogens is 1. The van der Waals surface area contributed by atoms with Gasteiger partial charge in [-0.25, -0.2) is 0 Å². The van der Waals surface area contributed by atoms with Gasteiger partial charge < -0.3 is 11.5 Å². The lowest BCUT2D eigenvalue weighted by Crippen LogP contribution is -2.20. The van der Waals surface area contributed by atoms with Crippen molar-refractivity contribution in [1.29, 1.82) is 0 Å². The van der Waals surface area contributed by atoms with E-state index in [2.05, 4.69) is 6.58 Å². The van der Waals surface area contributed by atoms with Crippen LogP contribution in [-0.2, 0) is 4.79 Å². The Bertz CT molecular complexity index is 185. The molecule has 0 saturated carbocycles. The average molecular weight is 175 g/mol. The summed E-state index contributed by atoms with van der Waals surface area (Å²) in [6, 6.07) is 0. The van der Waals surface area contributed by atoms with Crippen molar-refractivity contribution in [3.8, 4) is 0 Å². The number of rotatable bonds is 4. The SMILES string of the molecule is C=CC(C/C=C(\N)Cl)C(N)=O. The molecule has 3 nitrogen and oxygen atoms in total. The fraction of sp³-hybridized carbons (Fsp3) is 0.286. The lowest BCUT2D eigenvalue weighted by molar-refractivity contribution is -0.120. The van der Waals surface area contributed by atoms with Gasteiger partial charge in [0.1, 0.15) is 0 Å². The second-order valence-electron chi connectivity index (χ2n) is 2.07. The minimum atomic E-state index is -0.422. The van der Waals surface area contributed by atoms with E-state index >= 15 is 0 Å². The molecule has 0 fully saturated rings. The molecule has 0 aliphatic heterocycles. The van der Waals surface area contributed by atoms with Gasteiger partial charge in [-0.05, 0) is 12.5 Å². The van der Waals surface area contributed by atoms with E-state index in [-0.39, 0.29) is 11.1 Å². The van der Waals surface area contributed by atoms with E-state index in [1.54, 1.807) is 0 Å². The highest BCUT2D eigenvalue weighted by Gasteiger charge is 2.07. The highest BCUT2D eigenvalue weighted by atomic mass is 35.5. The summed E-state index contributed by atoms with van der Waals surface area (Å²) in [7, 11) is 0. The molecule has 4 heteroatoms. The lowest BCUT2D eigenvalue weighted by atomic mass is 10.1. The molecule has 0 aliphatic carbocycles. The molecule has 1 amide bonds. The van der Waals surface area contributed by atoms with Crippen LogP contribution in [0.2, 0.25) is 0 Å². The molecule has 4 N–H and O–H groups in total. The second-order valence-corrected chi connectivity index (χ2v) is 2.51. The Labute approximate surface area is 70.7 Å². The van der Waals surface area contributed by atoms with E-state index in [4.69, 9.17) is 23.1 Å². The van der Waals surface area contributed by atoms with Gasteiger partial charge in [-0.2, -0.15) is 0 Å². The molecular formula is C7H11ClN2O. The third kappa shape index (κ3) is 4.44. The first kappa shape index (κ1) is 10.0. The van der Waals surface area contributed by atoms with Gasteiger partial charge in [0.25, 0.3) is 0 Å². The zero-order valence-corrected chi connectivity index (χ0v) is 6.84. The van der Waals surface area contributed by atoms with E-state index in [1.165, 1.54) is 12.2 Å². The summed E-state index contributed by atoms with van der Waals surface area (Å²) in [5.41, 5.74) is 10.1. The average Bonchev–Trinajstić information content (AvgIpc) is 1.87. The quantitative estimate of drug-likeness (QED) is 0.487. The molecular weight excluding hydrogens is 164 g/mol. The Hall–Kier alpha value is -0.960. The molecule has 1 atom stereocenters. The molecule has 0 rings (SSSR count). The van der Waals surface area contributed by atoms with E-state index in [1.807, 2.05) is 0 Å². The molecule has 0 heterocycles. The normalized spacial score (nSPS) is 14.1. The van der Waals surface area contributed by atoms with Gasteiger partial charge >= 0.3 is 0 Å². The van der Waals surface area contributed by atoms with Crippen molar-refractivity contribution in [2.45, 2.75) is 6.42 Å². The van der Waals surface area contributed by atoms with E-state index in [9.17, 15) is 4.79 Å². The van der Waals surface area contributed by atoms with E-state index in [0.29, 0.717) is 6.42 Å². The first-order valence-corrected chi connectivity index (χ1v) is 3.48. The van der Waals surface area contributed by atoms with E-state index < -0.39 is 5.91 Å². The van der Waals surface area contributed by atoms with Crippen LogP contribution in [0.3, 0.4) is 0 Å². The number of carbonyl (C=O) groups is 1. The first-order chi connectivity index (χ1) is 5.07. The van der Waals surface area contributed by atoms with Crippen LogP contribution in [0, 0.1) is 5.92 Å². The van der Waals surface area contributed by atoms with Crippen LogP contribution in [-0.4, -0.2) is 5.91 Å². The van der Waals surface area contributed by atoms with Crippen molar-refractivity contribution >= 4 is 17.5 Å². The van der Waals surface area contributed by atoms with Gasteiger partial charge in [0, 0.05) is 0 Å². The van der Waals surface area contributed by atoms with Crippen LogP contribution in [0.25, 0.3) is 0 Å². The third-order valence-corrected chi connectivity index (χ3v) is 1.37. The molecule has 62 valence electrons. The molecule has 1 unspecified atom stereocenters. The minimum absolute atomic E-state index is 0.165. The zero-order valence-electron chi connectivity index (χ0n) is 6.09. The Morgan fingerprint density at radius 1 is 1.64 bits per heavy atom. The van der Waals surface area contributed by atoms with Gasteiger partial charge in [-0.1, -0.05) is 17.7 Å². The maximum atomic E-state index is 10.6. The third-order valence-electron chi connectivity index (χ3n) is 1.22. The van der Waals surface area contributed by atoms with Crippen molar-refractivity contribution in [2.75, 3.05) is 0 Å². The standard InChI is InChI=1S/C7H11ClN2O/c1-2-5(7(10)11)3-4-6(8)9/h2,4-5H,1,3,9H2,(H2,10,11)/b6-4-. The monoisotopic (exact) mass is 174 g/mol. The van der Waals surface area contributed by atoms with Crippen LogP contribution in [0.5, 0.6) is 0 Å². The number of primary amides is 1. The fourth-order valence-corrected chi connectivity index (χ4v) is 0.657. The number of amides is 1. The van der Waals surface area contributed by atoms with Crippen LogP contribution < -0.4 is 11.5 Å². The van der Waals surface area contributed by atoms with Crippen LogP contribution in [0.15, 0.2) is 23.9 Å². The summed E-state index contributed by atoms with van der Waals surface area (Å²) in [5, 5.41) is 0.165. The summed E-state index contributed by atoms with van der Waals surface area (Å²) < 4.78 is 0. The highest BCUT2D eigenvalue weighted by Crippen LogP contribution is 2.06. The molecule has 0 radical (unpaired) electrons. The predicted molar refractivity (Wildman–Crippen MR) is 45.6 cm³/mol. The topological polar surface area (TPSA) is 69.1 Å². The predicted octanol–water partition coefficient (Wildman–Crippen LogP) is 0.703. The Morgan fingerprint density at radius 2 is 2.18 bits per heavy atom. The van der Waals surface area contributed by atoms with Gasteiger partial charge in [0.15, 0.2) is 0 Å². The van der Waals surface area contributed by atoms with Crippen LogP contribution in [0.4, 0.5) is 0 Å². The summed E-state index contributed by atoms with van der Waals surface area (Å²) in [4.78, 5) is 10.6. The highest BCUT2D eigenvalue weighted by molar-refractivity contribution is 6.28. The molecule has 0 aliphatic rings. The first-order valence-electron chi connectivity index (χ1n) is 3.11. The van der Waals surface area contributed by atoms with E-state index in [0.717, 1.165) is 0 Å².